The Morgan fingerprint density at radius 3 is 2.48 bits per heavy atom. The third-order valence-corrected chi connectivity index (χ3v) is 4.47. The minimum absolute atomic E-state index is 0.0286. The van der Waals surface area contributed by atoms with Gasteiger partial charge in [-0.3, -0.25) is 9.59 Å². The molecule has 1 aromatic carbocycles. The SMILES string of the molecule is CN(C)CCNC(=O)CNC(=O)C1(c2ccc(Cl)cc2Cl)CC1. The summed E-state index contributed by atoms with van der Waals surface area (Å²) in [6.07, 6.45) is 1.45. The van der Waals surface area contributed by atoms with Crippen LogP contribution in [0.4, 0.5) is 0 Å². The van der Waals surface area contributed by atoms with Crippen LogP contribution in [0.25, 0.3) is 0 Å². The molecule has 1 aromatic rings. The van der Waals surface area contributed by atoms with Gasteiger partial charge >= 0.3 is 0 Å². The van der Waals surface area contributed by atoms with E-state index in [0.717, 1.165) is 24.9 Å². The average molecular weight is 358 g/mol. The first-order valence-corrected chi connectivity index (χ1v) is 8.26. The Morgan fingerprint density at radius 2 is 1.91 bits per heavy atom. The van der Waals surface area contributed by atoms with E-state index in [4.69, 9.17) is 23.2 Å². The number of likely N-dealkylation sites (N-methyl/N-ethyl adjacent to an activating group) is 1. The van der Waals surface area contributed by atoms with Crippen molar-refractivity contribution in [3.8, 4) is 0 Å². The van der Waals surface area contributed by atoms with Gasteiger partial charge in [0, 0.05) is 23.1 Å². The lowest BCUT2D eigenvalue weighted by atomic mass is 9.95. The molecule has 1 fully saturated rings. The van der Waals surface area contributed by atoms with Crippen LogP contribution in [0.15, 0.2) is 18.2 Å². The van der Waals surface area contributed by atoms with Gasteiger partial charge in [-0.15, -0.1) is 0 Å². The summed E-state index contributed by atoms with van der Waals surface area (Å²) < 4.78 is 0. The lowest BCUT2D eigenvalue weighted by Gasteiger charge is -2.17. The van der Waals surface area contributed by atoms with Gasteiger partial charge in [0.25, 0.3) is 0 Å². The van der Waals surface area contributed by atoms with Crippen molar-refractivity contribution in [2.45, 2.75) is 18.3 Å². The number of hydrogen-bond acceptors (Lipinski definition) is 3. The summed E-state index contributed by atoms with van der Waals surface area (Å²) in [5.41, 5.74) is 0.153. The molecule has 0 atom stereocenters. The zero-order valence-corrected chi connectivity index (χ0v) is 14.8. The number of hydrogen-bond donors (Lipinski definition) is 2. The zero-order valence-electron chi connectivity index (χ0n) is 13.3. The average Bonchev–Trinajstić information content (AvgIpc) is 3.26. The molecule has 0 bridgehead atoms. The smallest absolute Gasteiger partial charge is 0.239 e. The predicted octanol–water partition coefficient (Wildman–Crippen LogP) is 1.82. The second kappa shape index (κ2) is 7.51. The zero-order chi connectivity index (χ0) is 17.0. The van der Waals surface area contributed by atoms with Crippen LogP contribution in [0.3, 0.4) is 0 Å². The van der Waals surface area contributed by atoms with Gasteiger partial charge in [-0.2, -0.15) is 0 Å². The summed E-state index contributed by atoms with van der Waals surface area (Å²) in [5, 5.41) is 6.49. The van der Waals surface area contributed by atoms with Crippen molar-refractivity contribution < 1.29 is 9.59 Å². The van der Waals surface area contributed by atoms with Gasteiger partial charge in [-0.05, 0) is 44.6 Å². The van der Waals surface area contributed by atoms with Crippen LogP contribution < -0.4 is 10.6 Å². The number of amides is 2. The highest BCUT2D eigenvalue weighted by molar-refractivity contribution is 6.35. The molecular weight excluding hydrogens is 337 g/mol. The number of rotatable bonds is 7. The fourth-order valence-electron chi connectivity index (χ4n) is 2.43. The van der Waals surface area contributed by atoms with Crippen molar-refractivity contribution in [3.63, 3.8) is 0 Å². The van der Waals surface area contributed by atoms with Gasteiger partial charge in [0.2, 0.25) is 11.8 Å². The molecule has 1 saturated carbocycles. The normalized spacial score (nSPS) is 15.3. The molecular formula is C16H21Cl2N3O2. The second-order valence-corrected chi connectivity index (χ2v) is 6.89. The van der Waals surface area contributed by atoms with Crippen LogP contribution in [0.1, 0.15) is 18.4 Å². The molecule has 0 aliphatic heterocycles. The van der Waals surface area contributed by atoms with Crippen molar-refractivity contribution in [2.75, 3.05) is 33.7 Å². The quantitative estimate of drug-likeness (QED) is 0.782. The topological polar surface area (TPSA) is 61.4 Å². The molecule has 7 heteroatoms. The summed E-state index contributed by atoms with van der Waals surface area (Å²) in [7, 11) is 3.86. The summed E-state index contributed by atoms with van der Waals surface area (Å²) in [6, 6.07) is 5.15. The van der Waals surface area contributed by atoms with E-state index in [0.29, 0.717) is 16.6 Å². The fourth-order valence-corrected chi connectivity index (χ4v) is 3.02. The van der Waals surface area contributed by atoms with E-state index in [-0.39, 0.29) is 18.4 Å². The van der Waals surface area contributed by atoms with Crippen LogP contribution in [0.2, 0.25) is 10.0 Å². The van der Waals surface area contributed by atoms with Crippen LogP contribution in [0.5, 0.6) is 0 Å². The Hall–Kier alpha value is -1.30. The van der Waals surface area contributed by atoms with Crippen molar-refractivity contribution in [1.29, 1.82) is 0 Å². The molecule has 2 rings (SSSR count). The predicted molar refractivity (Wildman–Crippen MR) is 91.9 cm³/mol. The van der Waals surface area contributed by atoms with E-state index in [9.17, 15) is 9.59 Å². The summed E-state index contributed by atoms with van der Waals surface area (Å²) in [4.78, 5) is 26.2. The van der Waals surface area contributed by atoms with E-state index in [1.807, 2.05) is 19.0 Å². The maximum atomic E-state index is 12.5. The van der Waals surface area contributed by atoms with Crippen LogP contribution >= 0.6 is 23.2 Å². The first-order chi connectivity index (χ1) is 10.8. The maximum Gasteiger partial charge on any atom is 0.239 e. The first kappa shape index (κ1) is 18.0. The number of benzene rings is 1. The Morgan fingerprint density at radius 1 is 1.22 bits per heavy atom. The molecule has 23 heavy (non-hydrogen) atoms. The molecule has 126 valence electrons. The Labute approximate surface area is 146 Å². The number of halogens is 2. The lowest BCUT2D eigenvalue weighted by molar-refractivity contribution is -0.127. The maximum absolute atomic E-state index is 12.5. The fraction of sp³-hybridized carbons (Fsp3) is 0.500. The molecule has 0 unspecified atom stereocenters. The summed E-state index contributed by atoms with van der Waals surface area (Å²) in [5.74, 6) is -0.359. The van der Waals surface area contributed by atoms with Gasteiger partial charge in [-0.1, -0.05) is 29.3 Å². The van der Waals surface area contributed by atoms with E-state index < -0.39 is 5.41 Å². The number of nitrogens with zero attached hydrogens (tertiary/aromatic N) is 1. The minimum atomic E-state index is -0.619. The Balaban J connectivity index is 1.89. The Bertz CT molecular complexity index is 601. The summed E-state index contributed by atoms with van der Waals surface area (Å²) in [6.45, 7) is 1.28. The molecule has 0 saturated heterocycles. The number of carbonyl (C=O) groups is 2. The van der Waals surface area contributed by atoms with Gasteiger partial charge in [0.05, 0.1) is 12.0 Å². The van der Waals surface area contributed by atoms with E-state index in [1.165, 1.54) is 0 Å². The third kappa shape index (κ3) is 4.59. The van der Waals surface area contributed by atoms with Crippen LogP contribution in [0, 0.1) is 0 Å². The highest BCUT2D eigenvalue weighted by Gasteiger charge is 2.52. The molecule has 5 nitrogen and oxygen atoms in total. The van der Waals surface area contributed by atoms with Gasteiger partial charge < -0.3 is 15.5 Å². The minimum Gasteiger partial charge on any atom is -0.353 e. The standard InChI is InChI=1S/C16H21Cl2N3O2/c1-21(2)8-7-19-14(22)10-20-15(23)16(5-6-16)12-4-3-11(17)9-13(12)18/h3-4,9H,5-8,10H2,1-2H3,(H,19,22)(H,20,23). The highest BCUT2D eigenvalue weighted by Crippen LogP contribution is 2.51. The van der Waals surface area contributed by atoms with Crippen molar-refractivity contribution in [1.82, 2.24) is 15.5 Å². The molecule has 0 spiro atoms. The third-order valence-electron chi connectivity index (χ3n) is 3.92. The van der Waals surface area contributed by atoms with Gasteiger partial charge in [0.15, 0.2) is 0 Å². The van der Waals surface area contributed by atoms with E-state index in [2.05, 4.69) is 10.6 Å². The van der Waals surface area contributed by atoms with E-state index in [1.54, 1.807) is 18.2 Å². The first-order valence-electron chi connectivity index (χ1n) is 7.50. The molecule has 1 aliphatic rings. The van der Waals surface area contributed by atoms with Crippen LogP contribution in [-0.4, -0.2) is 50.4 Å². The highest BCUT2D eigenvalue weighted by atomic mass is 35.5. The molecule has 0 aromatic heterocycles. The number of carbonyl (C=O) groups excluding carboxylic acids is 2. The second-order valence-electron chi connectivity index (χ2n) is 6.04. The molecule has 2 amide bonds. The lowest BCUT2D eigenvalue weighted by Crippen LogP contribution is -2.43. The summed E-state index contributed by atoms with van der Waals surface area (Å²) >= 11 is 12.1. The molecule has 1 aliphatic carbocycles. The van der Waals surface area contributed by atoms with Gasteiger partial charge in [0.1, 0.15) is 0 Å². The van der Waals surface area contributed by atoms with Crippen molar-refractivity contribution >= 4 is 35.0 Å². The van der Waals surface area contributed by atoms with Crippen molar-refractivity contribution in [2.24, 2.45) is 0 Å². The largest absolute Gasteiger partial charge is 0.353 e. The molecule has 0 heterocycles. The van der Waals surface area contributed by atoms with Gasteiger partial charge in [-0.25, -0.2) is 0 Å². The molecule has 2 N–H and O–H groups in total. The monoisotopic (exact) mass is 357 g/mol. The van der Waals surface area contributed by atoms with Crippen molar-refractivity contribution in [3.05, 3.63) is 33.8 Å². The van der Waals surface area contributed by atoms with Crippen LogP contribution in [-0.2, 0) is 15.0 Å². The Kier molecular flexibility index (Phi) is 5.89. The van der Waals surface area contributed by atoms with E-state index >= 15 is 0 Å². The molecule has 0 radical (unpaired) electrons. The number of nitrogens with one attached hydrogen (secondary N) is 2.